The van der Waals surface area contributed by atoms with Crippen molar-refractivity contribution in [3.8, 4) is 0 Å². The molecule has 0 amide bonds. The van der Waals surface area contributed by atoms with Gasteiger partial charge in [0.2, 0.25) is 0 Å². The maximum absolute atomic E-state index is 3.57. The molecular formula is C17H35N3. The highest BCUT2D eigenvalue weighted by molar-refractivity contribution is 5.01. The van der Waals surface area contributed by atoms with Crippen LogP contribution in [-0.2, 0) is 0 Å². The highest BCUT2D eigenvalue weighted by atomic mass is 15.2. The average Bonchev–Trinajstić information content (AvgIpc) is 2.32. The first-order valence-electron chi connectivity index (χ1n) is 8.35. The minimum atomic E-state index is 0.439. The van der Waals surface area contributed by atoms with E-state index < -0.39 is 0 Å². The lowest BCUT2D eigenvalue weighted by Crippen LogP contribution is -2.61. The van der Waals surface area contributed by atoms with Crippen LogP contribution in [0, 0.1) is 5.41 Å². The third-order valence-electron chi connectivity index (χ3n) is 6.07. The van der Waals surface area contributed by atoms with Gasteiger partial charge in [0.25, 0.3) is 0 Å². The van der Waals surface area contributed by atoms with E-state index in [0.29, 0.717) is 23.0 Å². The number of hydrogen-bond donors (Lipinski definition) is 1. The predicted molar refractivity (Wildman–Crippen MR) is 87.2 cm³/mol. The first-order valence-corrected chi connectivity index (χ1v) is 8.35. The maximum atomic E-state index is 3.57. The molecule has 0 aromatic carbocycles. The Morgan fingerprint density at radius 2 is 1.75 bits per heavy atom. The Morgan fingerprint density at radius 3 is 2.20 bits per heavy atom. The molecule has 1 N–H and O–H groups in total. The normalized spacial score (nSPS) is 32.4. The number of likely N-dealkylation sites (N-methyl/N-ethyl adjacent to an activating group) is 3. The first kappa shape index (κ1) is 16.3. The summed E-state index contributed by atoms with van der Waals surface area (Å²) >= 11 is 0. The fourth-order valence-electron chi connectivity index (χ4n) is 4.26. The predicted octanol–water partition coefficient (Wildman–Crippen LogP) is 2.57. The van der Waals surface area contributed by atoms with Crippen molar-refractivity contribution < 1.29 is 0 Å². The molecule has 3 nitrogen and oxygen atoms in total. The molecule has 20 heavy (non-hydrogen) atoms. The topological polar surface area (TPSA) is 18.5 Å². The van der Waals surface area contributed by atoms with Gasteiger partial charge in [0.1, 0.15) is 0 Å². The summed E-state index contributed by atoms with van der Waals surface area (Å²) in [6.07, 6.45) is 8.11. The van der Waals surface area contributed by atoms with Gasteiger partial charge in [-0.25, -0.2) is 0 Å². The number of nitrogens with zero attached hydrogens (tertiary/aromatic N) is 2. The molecule has 0 bridgehead atoms. The summed E-state index contributed by atoms with van der Waals surface area (Å²) < 4.78 is 0. The van der Waals surface area contributed by atoms with Crippen LogP contribution in [0.25, 0.3) is 0 Å². The summed E-state index contributed by atoms with van der Waals surface area (Å²) in [5, 5.41) is 3.57. The van der Waals surface area contributed by atoms with Crippen molar-refractivity contribution in [2.75, 3.05) is 34.7 Å². The van der Waals surface area contributed by atoms with Crippen molar-refractivity contribution in [1.29, 1.82) is 0 Å². The van der Waals surface area contributed by atoms with E-state index >= 15 is 0 Å². The van der Waals surface area contributed by atoms with Gasteiger partial charge in [-0.05, 0) is 72.1 Å². The van der Waals surface area contributed by atoms with Crippen LogP contribution >= 0.6 is 0 Å². The zero-order chi connectivity index (χ0) is 15.0. The molecule has 118 valence electrons. The van der Waals surface area contributed by atoms with Gasteiger partial charge in [-0.15, -0.1) is 0 Å². The Morgan fingerprint density at radius 1 is 1.10 bits per heavy atom. The molecule has 2 unspecified atom stereocenters. The van der Waals surface area contributed by atoms with Gasteiger partial charge >= 0.3 is 0 Å². The molecule has 2 fully saturated rings. The van der Waals surface area contributed by atoms with E-state index in [4.69, 9.17) is 0 Å². The Balaban J connectivity index is 2.03. The van der Waals surface area contributed by atoms with Gasteiger partial charge in [-0.3, -0.25) is 0 Å². The maximum Gasteiger partial charge on any atom is 0.0330 e. The second-order valence-corrected chi connectivity index (χ2v) is 8.26. The molecule has 2 aliphatic rings. The quantitative estimate of drug-likeness (QED) is 0.835. The Labute approximate surface area is 126 Å². The lowest BCUT2D eigenvalue weighted by atomic mass is 9.71. The number of nitrogens with one attached hydrogen (secondary N) is 1. The van der Waals surface area contributed by atoms with E-state index in [1.807, 2.05) is 0 Å². The molecule has 2 atom stereocenters. The second kappa shape index (κ2) is 5.94. The van der Waals surface area contributed by atoms with Crippen LogP contribution in [0.2, 0.25) is 0 Å². The summed E-state index contributed by atoms with van der Waals surface area (Å²) in [6.45, 7) is 6.09. The van der Waals surface area contributed by atoms with Gasteiger partial charge < -0.3 is 15.1 Å². The van der Waals surface area contributed by atoms with Gasteiger partial charge in [-0.2, -0.15) is 0 Å². The third kappa shape index (κ3) is 3.20. The molecule has 2 rings (SSSR count). The number of rotatable bonds is 5. The van der Waals surface area contributed by atoms with Crippen LogP contribution in [0.3, 0.4) is 0 Å². The van der Waals surface area contributed by atoms with Crippen LogP contribution in [0.1, 0.15) is 52.4 Å². The average molecular weight is 281 g/mol. The Hall–Kier alpha value is -0.120. The molecule has 0 aromatic heterocycles. The first-order chi connectivity index (χ1) is 9.30. The summed E-state index contributed by atoms with van der Waals surface area (Å²) in [5.41, 5.74) is 0.936. The molecule has 0 heterocycles. The second-order valence-electron chi connectivity index (χ2n) is 8.26. The summed E-state index contributed by atoms with van der Waals surface area (Å²) in [7, 11) is 9.00. The van der Waals surface area contributed by atoms with Gasteiger partial charge in [0.15, 0.2) is 0 Å². The van der Waals surface area contributed by atoms with Crippen molar-refractivity contribution in [3.63, 3.8) is 0 Å². The van der Waals surface area contributed by atoms with E-state index in [1.165, 1.54) is 45.1 Å². The van der Waals surface area contributed by atoms with Crippen LogP contribution in [0.5, 0.6) is 0 Å². The zero-order valence-electron chi connectivity index (χ0n) is 14.5. The molecule has 2 aliphatic carbocycles. The molecule has 2 saturated carbocycles. The molecule has 0 saturated heterocycles. The van der Waals surface area contributed by atoms with Crippen molar-refractivity contribution in [1.82, 2.24) is 15.1 Å². The minimum Gasteiger partial charge on any atom is -0.315 e. The monoisotopic (exact) mass is 281 g/mol. The Bertz CT molecular complexity index is 320. The lowest BCUT2D eigenvalue weighted by Gasteiger charge is -2.53. The van der Waals surface area contributed by atoms with Crippen LogP contribution in [0.15, 0.2) is 0 Å². The molecular weight excluding hydrogens is 246 g/mol. The fraction of sp³-hybridized carbons (Fsp3) is 1.00. The standard InChI is InChI=1S/C17H35N3/c1-16(2)11-8-14(18-3)15(12-16)20(6)13-17(19(4)5)9-7-10-17/h14-15,18H,7-13H2,1-6H3. The zero-order valence-corrected chi connectivity index (χ0v) is 14.5. The van der Waals surface area contributed by atoms with Crippen molar-refractivity contribution in [2.24, 2.45) is 5.41 Å². The van der Waals surface area contributed by atoms with E-state index in [2.05, 4.69) is 57.2 Å². The van der Waals surface area contributed by atoms with Crippen LogP contribution < -0.4 is 5.32 Å². The number of hydrogen-bond acceptors (Lipinski definition) is 3. The van der Waals surface area contributed by atoms with E-state index in [0.717, 1.165) is 0 Å². The highest BCUT2D eigenvalue weighted by Gasteiger charge is 2.43. The Kier molecular flexibility index (Phi) is 4.83. The fourth-order valence-corrected chi connectivity index (χ4v) is 4.26. The molecule has 0 aromatic rings. The van der Waals surface area contributed by atoms with E-state index in [9.17, 15) is 0 Å². The van der Waals surface area contributed by atoms with Gasteiger partial charge in [0, 0.05) is 24.2 Å². The smallest absolute Gasteiger partial charge is 0.0330 e. The summed E-state index contributed by atoms with van der Waals surface area (Å²) in [5.74, 6) is 0. The minimum absolute atomic E-state index is 0.439. The van der Waals surface area contributed by atoms with Crippen LogP contribution in [-0.4, -0.2) is 62.2 Å². The van der Waals surface area contributed by atoms with Gasteiger partial charge in [-0.1, -0.05) is 13.8 Å². The van der Waals surface area contributed by atoms with Crippen molar-refractivity contribution >= 4 is 0 Å². The van der Waals surface area contributed by atoms with Crippen LogP contribution in [0.4, 0.5) is 0 Å². The molecule has 0 aliphatic heterocycles. The largest absolute Gasteiger partial charge is 0.315 e. The van der Waals surface area contributed by atoms with E-state index in [-0.39, 0.29) is 0 Å². The summed E-state index contributed by atoms with van der Waals surface area (Å²) in [4.78, 5) is 5.12. The van der Waals surface area contributed by atoms with Crippen molar-refractivity contribution in [2.45, 2.75) is 70.0 Å². The summed E-state index contributed by atoms with van der Waals surface area (Å²) in [6, 6.07) is 1.34. The molecule has 0 spiro atoms. The van der Waals surface area contributed by atoms with Crippen molar-refractivity contribution in [3.05, 3.63) is 0 Å². The van der Waals surface area contributed by atoms with Gasteiger partial charge in [0.05, 0.1) is 0 Å². The lowest BCUT2D eigenvalue weighted by molar-refractivity contribution is -0.00583. The highest BCUT2D eigenvalue weighted by Crippen LogP contribution is 2.40. The molecule has 0 radical (unpaired) electrons. The SMILES string of the molecule is CNC1CCC(C)(C)CC1N(C)CC1(N(C)C)CCC1. The van der Waals surface area contributed by atoms with E-state index in [1.54, 1.807) is 0 Å². The third-order valence-corrected chi connectivity index (χ3v) is 6.07. The molecule has 3 heteroatoms.